The standard InChI is InChI=1S/C37H50N2O4Si/c1-36(2,3)44(7,37(4,5)6)43-35(42)32(25-29-21-15-10-16-22-29)39-34(41)30(23-27-17-11-8-12-18-27)26-33(40)31(38)24-28-19-13-9-14-20-28/h8-22,30-32H,23-26,38H2,1-7H3,(H,39,41)/t30-,31+,32+/m1/s1. The molecule has 0 aliphatic rings. The lowest BCUT2D eigenvalue weighted by molar-refractivity contribution is -0.141. The molecular weight excluding hydrogens is 565 g/mol. The number of Topliss-reactive ketones (excluding diaryl/α,β-unsaturated/α-hetero) is 1. The third-order valence-corrected chi connectivity index (χ3v) is 15.2. The van der Waals surface area contributed by atoms with Crippen LogP contribution in [0.15, 0.2) is 91.0 Å². The maximum Gasteiger partial charge on any atom is 0.315 e. The summed E-state index contributed by atoms with van der Waals surface area (Å²) in [6.07, 6.45) is 0.993. The zero-order chi connectivity index (χ0) is 32.5. The van der Waals surface area contributed by atoms with Gasteiger partial charge in [-0.3, -0.25) is 14.4 Å². The van der Waals surface area contributed by atoms with E-state index in [-0.39, 0.29) is 34.6 Å². The van der Waals surface area contributed by atoms with Gasteiger partial charge in [-0.1, -0.05) is 133 Å². The molecule has 3 aromatic rings. The number of carbonyl (C=O) groups is 3. The fourth-order valence-electron chi connectivity index (χ4n) is 5.57. The lowest BCUT2D eigenvalue weighted by Crippen LogP contribution is -2.56. The Labute approximate surface area is 264 Å². The fourth-order valence-corrected chi connectivity index (χ4v) is 8.98. The van der Waals surface area contributed by atoms with Gasteiger partial charge in [-0.2, -0.15) is 0 Å². The molecule has 3 rings (SSSR count). The Morgan fingerprint density at radius 2 is 1.11 bits per heavy atom. The minimum Gasteiger partial charge on any atom is -0.517 e. The molecule has 0 aromatic heterocycles. The number of hydrogen-bond donors (Lipinski definition) is 2. The van der Waals surface area contributed by atoms with Crippen LogP contribution in [0.1, 0.15) is 64.7 Å². The first-order valence-electron chi connectivity index (χ1n) is 15.5. The average Bonchev–Trinajstić information content (AvgIpc) is 2.96. The maximum atomic E-state index is 14.0. The molecule has 3 aromatic carbocycles. The molecule has 7 heteroatoms. The lowest BCUT2D eigenvalue weighted by Gasteiger charge is -2.48. The van der Waals surface area contributed by atoms with Crippen molar-refractivity contribution in [3.63, 3.8) is 0 Å². The van der Waals surface area contributed by atoms with Crippen LogP contribution < -0.4 is 11.1 Å². The molecule has 0 fully saturated rings. The van der Waals surface area contributed by atoms with Crippen LogP contribution in [-0.4, -0.2) is 38.1 Å². The van der Waals surface area contributed by atoms with E-state index >= 15 is 0 Å². The highest BCUT2D eigenvalue weighted by Crippen LogP contribution is 2.51. The Hall–Kier alpha value is -3.55. The van der Waals surface area contributed by atoms with Crippen LogP contribution in [-0.2, 0) is 38.1 Å². The first-order valence-corrected chi connectivity index (χ1v) is 17.9. The number of nitrogens with two attached hydrogens (primary N) is 1. The molecule has 0 radical (unpaired) electrons. The summed E-state index contributed by atoms with van der Waals surface area (Å²) in [5.74, 6) is -1.69. The van der Waals surface area contributed by atoms with Crippen molar-refractivity contribution >= 4 is 26.0 Å². The van der Waals surface area contributed by atoms with E-state index in [1.54, 1.807) is 0 Å². The first kappa shape index (κ1) is 34.9. The Morgan fingerprint density at radius 1 is 0.705 bits per heavy atom. The highest BCUT2D eigenvalue weighted by molar-refractivity contribution is 6.79. The Morgan fingerprint density at radius 3 is 1.55 bits per heavy atom. The second-order valence-electron chi connectivity index (χ2n) is 14.1. The average molecular weight is 615 g/mol. The third kappa shape index (κ3) is 9.47. The number of rotatable bonds is 13. The van der Waals surface area contributed by atoms with Crippen molar-refractivity contribution in [1.82, 2.24) is 5.32 Å². The Kier molecular flexibility index (Phi) is 11.9. The van der Waals surface area contributed by atoms with Crippen molar-refractivity contribution in [1.29, 1.82) is 0 Å². The monoisotopic (exact) mass is 614 g/mol. The van der Waals surface area contributed by atoms with E-state index < -0.39 is 32.3 Å². The van der Waals surface area contributed by atoms with Crippen molar-refractivity contribution in [2.75, 3.05) is 0 Å². The predicted molar refractivity (Wildman–Crippen MR) is 181 cm³/mol. The van der Waals surface area contributed by atoms with Gasteiger partial charge in [0.25, 0.3) is 8.32 Å². The van der Waals surface area contributed by atoms with E-state index in [9.17, 15) is 14.4 Å². The SMILES string of the molecule is CC(C)(C)[Si](C)(OC(=O)[C@H](Cc1ccccc1)NC(=O)[C@@H](CC(=O)[C@@H](N)Cc1ccccc1)Cc1ccccc1)C(C)(C)C. The van der Waals surface area contributed by atoms with E-state index in [1.807, 2.05) is 91.0 Å². The number of hydrogen-bond acceptors (Lipinski definition) is 5. The van der Waals surface area contributed by atoms with Crippen molar-refractivity contribution in [2.45, 2.75) is 95.9 Å². The molecule has 236 valence electrons. The van der Waals surface area contributed by atoms with E-state index in [1.165, 1.54) is 0 Å². The van der Waals surface area contributed by atoms with Crippen LogP contribution >= 0.6 is 0 Å². The fraction of sp³-hybridized carbons (Fsp3) is 0.432. The summed E-state index contributed by atoms with van der Waals surface area (Å²) < 4.78 is 6.48. The highest BCUT2D eigenvalue weighted by atomic mass is 28.4. The number of carbonyl (C=O) groups excluding carboxylic acids is 3. The molecule has 0 spiro atoms. The van der Waals surface area contributed by atoms with Crippen LogP contribution in [0.5, 0.6) is 0 Å². The summed E-state index contributed by atoms with van der Waals surface area (Å²) in [4.78, 5) is 41.4. The molecule has 6 nitrogen and oxygen atoms in total. The van der Waals surface area contributed by atoms with Crippen molar-refractivity contribution in [3.8, 4) is 0 Å². The van der Waals surface area contributed by atoms with Gasteiger partial charge in [0, 0.05) is 18.8 Å². The van der Waals surface area contributed by atoms with Gasteiger partial charge in [0.2, 0.25) is 5.91 Å². The Bertz CT molecular complexity index is 1350. The van der Waals surface area contributed by atoms with Crippen LogP contribution in [0.3, 0.4) is 0 Å². The van der Waals surface area contributed by atoms with Gasteiger partial charge in [0.05, 0.1) is 6.04 Å². The topological polar surface area (TPSA) is 98.5 Å². The summed E-state index contributed by atoms with van der Waals surface area (Å²) in [7, 11) is -2.68. The molecule has 0 unspecified atom stereocenters. The quantitative estimate of drug-likeness (QED) is 0.206. The number of ketones is 1. The molecule has 0 heterocycles. The minimum atomic E-state index is -2.68. The van der Waals surface area contributed by atoms with E-state index in [0.29, 0.717) is 12.8 Å². The molecule has 3 atom stereocenters. The van der Waals surface area contributed by atoms with Gasteiger partial charge in [0.1, 0.15) is 6.04 Å². The summed E-state index contributed by atoms with van der Waals surface area (Å²) >= 11 is 0. The number of amides is 1. The van der Waals surface area contributed by atoms with Gasteiger partial charge < -0.3 is 15.5 Å². The largest absolute Gasteiger partial charge is 0.517 e. The van der Waals surface area contributed by atoms with E-state index in [4.69, 9.17) is 10.2 Å². The highest BCUT2D eigenvalue weighted by Gasteiger charge is 2.54. The van der Waals surface area contributed by atoms with Gasteiger partial charge in [-0.15, -0.1) is 0 Å². The van der Waals surface area contributed by atoms with Crippen LogP contribution in [0.2, 0.25) is 16.6 Å². The molecule has 0 bridgehead atoms. The predicted octanol–water partition coefficient (Wildman–Crippen LogP) is 6.82. The zero-order valence-corrected chi connectivity index (χ0v) is 28.4. The smallest absolute Gasteiger partial charge is 0.315 e. The second kappa shape index (κ2) is 15.0. The van der Waals surface area contributed by atoms with Crippen molar-refractivity contribution in [2.24, 2.45) is 11.7 Å². The second-order valence-corrected chi connectivity index (χ2v) is 19.3. The van der Waals surface area contributed by atoms with Crippen LogP contribution in [0.4, 0.5) is 0 Å². The maximum absolute atomic E-state index is 14.0. The van der Waals surface area contributed by atoms with E-state index in [2.05, 4.69) is 53.4 Å². The van der Waals surface area contributed by atoms with Crippen molar-refractivity contribution < 1.29 is 18.8 Å². The summed E-state index contributed by atoms with van der Waals surface area (Å²) in [5, 5.41) is 2.55. The lowest BCUT2D eigenvalue weighted by atomic mass is 9.89. The van der Waals surface area contributed by atoms with Gasteiger partial charge in [-0.25, -0.2) is 0 Å². The number of benzene rings is 3. The van der Waals surface area contributed by atoms with Crippen LogP contribution in [0, 0.1) is 5.92 Å². The molecule has 0 saturated carbocycles. The normalized spacial score (nSPS) is 14.3. The molecule has 0 aliphatic heterocycles. The molecule has 0 saturated heterocycles. The van der Waals surface area contributed by atoms with Gasteiger partial charge >= 0.3 is 5.97 Å². The zero-order valence-electron chi connectivity index (χ0n) is 27.4. The molecule has 3 N–H and O–H groups in total. The minimum absolute atomic E-state index is 0.0295. The number of nitrogens with one attached hydrogen (secondary N) is 1. The first-order chi connectivity index (χ1) is 20.6. The molecule has 1 amide bonds. The summed E-state index contributed by atoms with van der Waals surface area (Å²) in [6, 6.07) is 27.2. The molecule has 0 aliphatic carbocycles. The van der Waals surface area contributed by atoms with Gasteiger partial charge in [-0.05, 0) is 46.2 Å². The Balaban J connectivity index is 1.89. The van der Waals surface area contributed by atoms with Crippen molar-refractivity contribution in [3.05, 3.63) is 108 Å². The summed E-state index contributed by atoms with van der Waals surface area (Å²) in [5.41, 5.74) is 9.15. The van der Waals surface area contributed by atoms with Crippen LogP contribution in [0.25, 0.3) is 0 Å². The van der Waals surface area contributed by atoms with E-state index in [0.717, 1.165) is 16.7 Å². The molecular formula is C37H50N2O4Si. The summed E-state index contributed by atoms with van der Waals surface area (Å²) in [6.45, 7) is 14.8. The van der Waals surface area contributed by atoms with Gasteiger partial charge in [0.15, 0.2) is 5.78 Å². The molecule has 44 heavy (non-hydrogen) atoms. The third-order valence-electron chi connectivity index (χ3n) is 8.91.